The van der Waals surface area contributed by atoms with Gasteiger partial charge in [0, 0.05) is 6.07 Å². The summed E-state index contributed by atoms with van der Waals surface area (Å²) in [5, 5.41) is 1.60. The maximum atomic E-state index is 13.7. The number of rotatable bonds is 2. The molecule has 7 heteroatoms. The molecule has 0 saturated heterocycles. The molecule has 0 aliphatic rings. The van der Waals surface area contributed by atoms with Crippen LogP contribution in [0.3, 0.4) is 0 Å². The van der Waals surface area contributed by atoms with Crippen molar-refractivity contribution in [2.24, 2.45) is 0 Å². The van der Waals surface area contributed by atoms with E-state index < -0.39 is 28.2 Å². The molecule has 0 saturated carbocycles. The Labute approximate surface area is 122 Å². The van der Waals surface area contributed by atoms with Gasteiger partial charge in [0.2, 0.25) is 0 Å². The molecule has 21 heavy (non-hydrogen) atoms. The maximum absolute atomic E-state index is 13.7. The number of aromatic nitrogens is 2. The average Bonchev–Trinajstić information content (AvgIpc) is 2.50. The molecule has 3 aromatic rings. The molecule has 0 bridgehead atoms. The second-order valence-corrected chi connectivity index (χ2v) is 4.59. The second kappa shape index (κ2) is 5.21. The monoisotopic (exact) mass is 309 g/mol. The summed E-state index contributed by atoms with van der Waals surface area (Å²) in [5.74, 6) is -3.63. The first-order valence-corrected chi connectivity index (χ1v) is 6.26. The van der Waals surface area contributed by atoms with Crippen LogP contribution in [0.25, 0.3) is 11.0 Å². The zero-order chi connectivity index (χ0) is 15.0. The van der Waals surface area contributed by atoms with Crippen LogP contribution in [0.1, 0.15) is 0 Å². The quantitative estimate of drug-likeness (QED) is 0.561. The molecule has 0 atom stereocenters. The fraction of sp³-hybridized carbons (Fsp3) is 0. The van der Waals surface area contributed by atoms with Gasteiger partial charge >= 0.3 is 0 Å². The van der Waals surface area contributed by atoms with Crippen LogP contribution in [0.15, 0.2) is 36.5 Å². The van der Waals surface area contributed by atoms with Gasteiger partial charge in [0.25, 0.3) is 0 Å². The molecule has 0 fully saturated rings. The molecule has 1 N–H and O–H groups in total. The fourth-order valence-corrected chi connectivity index (χ4v) is 1.96. The minimum Gasteiger partial charge on any atom is -0.336 e. The molecule has 0 aliphatic heterocycles. The van der Waals surface area contributed by atoms with Gasteiger partial charge in [-0.1, -0.05) is 23.7 Å². The van der Waals surface area contributed by atoms with Gasteiger partial charge in [-0.2, -0.15) is 0 Å². The molecule has 106 valence electrons. The summed E-state index contributed by atoms with van der Waals surface area (Å²) in [6, 6.07) is 7.80. The van der Waals surface area contributed by atoms with E-state index in [4.69, 9.17) is 11.6 Å². The van der Waals surface area contributed by atoms with Crippen molar-refractivity contribution in [3.63, 3.8) is 0 Å². The van der Waals surface area contributed by atoms with Crippen LogP contribution in [0.4, 0.5) is 24.7 Å². The predicted molar refractivity (Wildman–Crippen MR) is 74.1 cm³/mol. The highest BCUT2D eigenvalue weighted by molar-refractivity contribution is 6.31. The lowest BCUT2D eigenvalue weighted by Gasteiger charge is -2.09. The number of para-hydroxylation sites is 2. The highest BCUT2D eigenvalue weighted by atomic mass is 35.5. The number of hydrogen-bond acceptors (Lipinski definition) is 3. The zero-order valence-electron chi connectivity index (χ0n) is 10.4. The largest absolute Gasteiger partial charge is 0.336 e. The van der Waals surface area contributed by atoms with Gasteiger partial charge in [-0.25, -0.2) is 18.2 Å². The normalized spacial score (nSPS) is 10.9. The third kappa shape index (κ3) is 2.50. The topological polar surface area (TPSA) is 37.8 Å². The summed E-state index contributed by atoms with van der Waals surface area (Å²) >= 11 is 5.29. The molecule has 0 radical (unpaired) electrons. The van der Waals surface area contributed by atoms with E-state index in [1.807, 2.05) is 0 Å². The highest BCUT2D eigenvalue weighted by Crippen LogP contribution is 2.29. The second-order valence-electron chi connectivity index (χ2n) is 4.22. The van der Waals surface area contributed by atoms with Crippen molar-refractivity contribution in [1.29, 1.82) is 0 Å². The van der Waals surface area contributed by atoms with Gasteiger partial charge in [0.05, 0.1) is 22.9 Å². The Morgan fingerprint density at radius 1 is 1.00 bits per heavy atom. The van der Waals surface area contributed by atoms with Gasteiger partial charge in [0.1, 0.15) is 16.7 Å². The number of benzene rings is 2. The molecule has 0 aliphatic carbocycles. The first-order valence-electron chi connectivity index (χ1n) is 5.88. The molecular formula is C14H7ClF3N3. The Balaban J connectivity index is 2.02. The van der Waals surface area contributed by atoms with E-state index in [9.17, 15) is 13.2 Å². The summed E-state index contributed by atoms with van der Waals surface area (Å²) in [5.41, 5.74) is 0.814. The lowest BCUT2D eigenvalue weighted by Crippen LogP contribution is -2.01. The minimum atomic E-state index is -1.45. The van der Waals surface area contributed by atoms with Crippen LogP contribution in [-0.2, 0) is 0 Å². The number of halogens is 4. The third-order valence-corrected chi connectivity index (χ3v) is 3.16. The highest BCUT2D eigenvalue weighted by Gasteiger charge is 2.17. The molecule has 1 heterocycles. The molecule has 2 aromatic carbocycles. The van der Waals surface area contributed by atoms with E-state index in [1.54, 1.807) is 24.3 Å². The van der Waals surface area contributed by atoms with Crippen molar-refractivity contribution in [1.82, 2.24) is 9.97 Å². The summed E-state index contributed by atoms with van der Waals surface area (Å²) in [4.78, 5) is 8.28. The van der Waals surface area contributed by atoms with Gasteiger partial charge in [-0.05, 0) is 12.1 Å². The third-order valence-electron chi connectivity index (χ3n) is 2.81. The molecule has 1 aromatic heterocycles. The number of hydrogen-bond donors (Lipinski definition) is 1. The van der Waals surface area contributed by atoms with Crippen LogP contribution in [0.5, 0.6) is 0 Å². The standard InChI is InChI=1S/C14H7ClF3N3/c15-12-7(16)5-10(13(17)14(12)18)21-11-6-19-8-3-1-2-4-9(8)20-11/h1-6H,(H,20,21). The molecule has 0 spiro atoms. The maximum Gasteiger partial charge on any atom is 0.184 e. The average molecular weight is 310 g/mol. The minimum absolute atomic E-state index is 0.161. The first-order chi connectivity index (χ1) is 10.1. The lowest BCUT2D eigenvalue weighted by molar-refractivity contribution is 0.499. The van der Waals surface area contributed by atoms with Crippen molar-refractivity contribution in [2.45, 2.75) is 0 Å². The summed E-state index contributed by atoms with van der Waals surface area (Å²) in [6.07, 6.45) is 1.34. The summed E-state index contributed by atoms with van der Waals surface area (Å²) < 4.78 is 40.5. The van der Waals surface area contributed by atoms with Crippen LogP contribution < -0.4 is 5.32 Å². The number of nitrogens with zero attached hydrogens (tertiary/aromatic N) is 2. The fourth-order valence-electron chi connectivity index (χ4n) is 1.82. The smallest absolute Gasteiger partial charge is 0.184 e. The van der Waals surface area contributed by atoms with E-state index in [0.29, 0.717) is 11.0 Å². The van der Waals surface area contributed by atoms with Crippen LogP contribution in [-0.4, -0.2) is 9.97 Å². The molecule has 0 unspecified atom stereocenters. The molecule has 0 amide bonds. The number of nitrogens with one attached hydrogen (secondary N) is 1. The van der Waals surface area contributed by atoms with E-state index in [-0.39, 0.29) is 5.82 Å². The Hall–Kier alpha value is -2.34. The van der Waals surface area contributed by atoms with Crippen LogP contribution >= 0.6 is 11.6 Å². The Bertz CT molecular complexity index is 839. The Morgan fingerprint density at radius 3 is 2.48 bits per heavy atom. The van der Waals surface area contributed by atoms with E-state index in [2.05, 4.69) is 15.3 Å². The van der Waals surface area contributed by atoms with Crippen molar-refractivity contribution >= 4 is 34.1 Å². The van der Waals surface area contributed by atoms with Crippen molar-refractivity contribution in [3.8, 4) is 0 Å². The molecular weight excluding hydrogens is 303 g/mol. The number of anilines is 2. The molecule has 3 rings (SSSR count). The van der Waals surface area contributed by atoms with Crippen molar-refractivity contribution in [2.75, 3.05) is 5.32 Å². The van der Waals surface area contributed by atoms with Crippen molar-refractivity contribution < 1.29 is 13.2 Å². The van der Waals surface area contributed by atoms with E-state index in [1.165, 1.54) is 6.20 Å². The van der Waals surface area contributed by atoms with Gasteiger partial charge in [0.15, 0.2) is 11.6 Å². The van der Waals surface area contributed by atoms with Crippen molar-refractivity contribution in [3.05, 3.63) is 59.0 Å². The SMILES string of the molecule is Fc1cc(Nc2cnc3ccccc3n2)c(F)c(F)c1Cl. The molecule has 3 nitrogen and oxygen atoms in total. The Kier molecular flexibility index (Phi) is 3.39. The number of fused-ring (bicyclic) bond motifs is 1. The first kappa shape index (κ1) is 13.6. The van der Waals surface area contributed by atoms with Gasteiger partial charge in [-0.15, -0.1) is 0 Å². The Morgan fingerprint density at radius 2 is 1.71 bits per heavy atom. The van der Waals surface area contributed by atoms with E-state index >= 15 is 0 Å². The van der Waals surface area contributed by atoms with E-state index in [0.717, 1.165) is 6.07 Å². The van der Waals surface area contributed by atoms with Gasteiger partial charge < -0.3 is 5.32 Å². The van der Waals surface area contributed by atoms with Crippen LogP contribution in [0, 0.1) is 17.5 Å². The zero-order valence-corrected chi connectivity index (χ0v) is 11.1. The summed E-state index contributed by atoms with van der Waals surface area (Å²) in [7, 11) is 0. The lowest BCUT2D eigenvalue weighted by atomic mass is 10.2. The van der Waals surface area contributed by atoms with Gasteiger partial charge in [-0.3, -0.25) is 4.98 Å². The predicted octanol–water partition coefficient (Wildman–Crippen LogP) is 4.44. The summed E-state index contributed by atoms with van der Waals surface area (Å²) in [6.45, 7) is 0. The van der Waals surface area contributed by atoms with Crippen LogP contribution in [0.2, 0.25) is 5.02 Å².